The molecule has 3 saturated heterocycles. The third-order valence-corrected chi connectivity index (χ3v) is 5.64. The van der Waals surface area contributed by atoms with Crippen LogP contribution in [0.5, 0.6) is 0 Å². The molecule has 2 atom stereocenters. The first-order valence-electron chi connectivity index (χ1n) is 8.43. The second kappa shape index (κ2) is 6.57. The molecule has 0 saturated carbocycles. The fourth-order valence-electron chi connectivity index (χ4n) is 3.77. The topological polar surface area (TPSA) is 74.3 Å². The van der Waals surface area contributed by atoms with Gasteiger partial charge in [0.25, 0.3) is 11.1 Å². The number of fused-ring (bicyclic) bond motifs is 1. The average molecular weight is 344 g/mol. The maximum Gasteiger partial charge on any atom is 0.290 e. The van der Waals surface area contributed by atoms with Gasteiger partial charge in [-0.25, -0.2) is 4.98 Å². The van der Waals surface area contributed by atoms with E-state index >= 15 is 0 Å². The summed E-state index contributed by atoms with van der Waals surface area (Å²) in [5.41, 5.74) is 0.714. The average Bonchev–Trinajstić information content (AvgIpc) is 2.92. The Hall–Kier alpha value is -1.86. The normalized spacial score (nSPS) is 28.8. The number of amides is 2. The minimum Gasteiger partial charge on any atom is -0.352 e. The molecule has 2 unspecified atom stereocenters. The number of rotatable bonds is 2. The second-order valence-electron chi connectivity index (χ2n) is 6.38. The van der Waals surface area contributed by atoms with E-state index < -0.39 is 0 Å². The SMILES string of the molecule is O=C1NC(=O)/C(=C/c2cccc(N3CCCC4NCCCC43)n2)S1. The van der Waals surface area contributed by atoms with Crippen molar-refractivity contribution in [2.24, 2.45) is 0 Å². The molecule has 1 aromatic heterocycles. The lowest BCUT2D eigenvalue weighted by Crippen LogP contribution is -2.57. The molecule has 1 aromatic rings. The molecule has 0 bridgehead atoms. The molecule has 4 rings (SSSR count). The number of nitrogens with zero attached hydrogens (tertiary/aromatic N) is 2. The van der Waals surface area contributed by atoms with Crippen molar-refractivity contribution in [2.75, 3.05) is 18.0 Å². The van der Waals surface area contributed by atoms with E-state index in [1.54, 1.807) is 6.08 Å². The molecule has 4 heterocycles. The van der Waals surface area contributed by atoms with Gasteiger partial charge in [0, 0.05) is 18.6 Å². The Morgan fingerprint density at radius 3 is 3.00 bits per heavy atom. The van der Waals surface area contributed by atoms with E-state index in [0.717, 1.165) is 37.1 Å². The van der Waals surface area contributed by atoms with Gasteiger partial charge in [0.15, 0.2) is 0 Å². The second-order valence-corrected chi connectivity index (χ2v) is 7.39. The molecular weight excluding hydrogens is 324 g/mol. The van der Waals surface area contributed by atoms with Crippen LogP contribution < -0.4 is 15.5 Å². The van der Waals surface area contributed by atoms with Crippen LogP contribution in [0, 0.1) is 0 Å². The van der Waals surface area contributed by atoms with Crippen molar-refractivity contribution >= 4 is 34.8 Å². The summed E-state index contributed by atoms with van der Waals surface area (Å²) in [5.74, 6) is 0.615. The third-order valence-electron chi connectivity index (χ3n) is 4.83. The number of thioether (sulfide) groups is 1. The predicted octanol–water partition coefficient (Wildman–Crippen LogP) is 2.13. The van der Waals surface area contributed by atoms with Crippen LogP contribution in [-0.2, 0) is 4.79 Å². The zero-order valence-electron chi connectivity index (χ0n) is 13.3. The Bertz CT molecular complexity index is 704. The van der Waals surface area contributed by atoms with Gasteiger partial charge in [0.2, 0.25) is 0 Å². The van der Waals surface area contributed by atoms with Gasteiger partial charge in [0.05, 0.1) is 10.6 Å². The van der Waals surface area contributed by atoms with Crippen LogP contribution in [0.15, 0.2) is 23.1 Å². The molecule has 24 heavy (non-hydrogen) atoms. The van der Waals surface area contributed by atoms with Crippen molar-refractivity contribution in [3.8, 4) is 0 Å². The first-order valence-corrected chi connectivity index (χ1v) is 9.24. The summed E-state index contributed by atoms with van der Waals surface area (Å²) >= 11 is 0.926. The number of nitrogens with one attached hydrogen (secondary N) is 2. The molecule has 2 N–H and O–H groups in total. The zero-order chi connectivity index (χ0) is 16.5. The molecule has 0 radical (unpaired) electrons. The Kier molecular flexibility index (Phi) is 4.28. The van der Waals surface area contributed by atoms with E-state index in [2.05, 4.69) is 15.5 Å². The fourth-order valence-corrected chi connectivity index (χ4v) is 4.44. The Morgan fingerprint density at radius 1 is 1.25 bits per heavy atom. The number of piperidine rings is 2. The quantitative estimate of drug-likeness (QED) is 0.801. The summed E-state index contributed by atoms with van der Waals surface area (Å²) in [5, 5.41) is 5.58. The number of hydrogen-bond donors (Lipinski definition) is 2. The maximum absolute atomic E-state index is 11.7. The molecular formula is C17H20N4O2S. The number of hydrogen-bond acceptors (Lipinski definition) is 6. The minimum absolute atomic E-state index is 0.324. The highest BCUT2D eigenvalue weighted by Crippen LogP contribution is 2.30. The molecule has 3 fully saturated rings. The molecule has 126 valence electrons. The summed E-state index contributed by atoms with van der Waals surface area (Å²) in [7, 11) is 0. The molecule has 0 spiro atoms. The van der Waals surface area contributed by atoms with Gasteiger partial charge in [-0.05, 0) is 62.2 Å². The monoisotopic (exact) mass is 344 g/mol. The number of carbonyl (C=O) groups excluding carboxylic acids is 2. The highest BCUT2D eigenvalue weighted by atomic mass is 32.2. The summed E-state index contributed by atoms with van der Waals surface area (Å²) in [6.45, 7) is 2.12. The predicted molar refractivity (Wildman–Crippen MR) is 94.7 cm³/mol. The number of anilines is 1. The summed E-state index contributed by atoms with van der Waals surface area (Å²) < 4.78 is 0. The van der Waals surface area contributed by atoms with Crippen molar-refractivity contribution in [3.05, 3.63) is 28.8 Å². The van der Waals surface area contributed by atoms with Crippen LogP contribution in [-0.4, -0.2) is 41.3 Å². The Labute approximate surface area is 145 Å². The third kappa shape index (κ3) is 3.06. The zero-order valence-corrected chi connectivity index (χ0v) is 14.1. The first-order chi connectivity index (χ1) is 11.7. The van der Waals surface area contributed by atoms with E-state index in [0.29, 0.717) is 22.7 Å². The lowest BCUT2D eigenvalue weighted by molar-refractivity contribution is -0.115. The summed E-state index contributed by atoms with van der Waals surface area (Å²) in [6, 6.07) is 6.91. The van der Waals surface area contributed by atoms with Crippen LogP contribution in [0.1, 0.15) is 31.4 Å². The van der Waals surface area contributed by atoms with Crippen molar-refractivity contribution in [1.29, 1.82) is 0 Å². The number of aromatic nitrogens is 1. The molecule has 6 nitrogen and oxygen atoms in total. The lowest BCUT2D eigenvalue weighted by Gasteiger charge is -2.45. The standard InChI is InChI=1S/C17H20N4O2S/c22-16-14(24-17(23)20-16)10-11-4-1-7-15(19-11)21-9-3-5-12-13(21)6-2-8-18-12/h1,4,7,10,12-13,18H,2-3,5-6,8-9H2,(H,20,22,23)/b14-10-. The molecule has 0 aromatic carbocycles. The van der Waals surface area contributed by atoms with Crippen LogP contribution in [0.25, 0.3) is 6.08 Å². The number of imide groups is 1. The molecule has 7 heteroatoms. The molecule has 2 amide bonds. The highest BCUT2D eigenvalue weighted by Gasteiger charge is 2.33. The van der Waals surface area contributed by atoms with E-state index in [1.165, 1.54) is 19.3 Å². The van der Waals surface area contributed by atoms with E-state index in [-0.39, 0.29) is 11.1 Å². The summed E-state index contributed by atoms with van der Waals surface area (Å²) in [4.78, 5) is 30.5. The van der Waals surface area contributed by atoms with Gasteiger partial charge >= 0.3 is 0 Å². The van der Waals surface area contributed by atoms with Crippen LogP contribution in [0.3, 0.4) is 0 Å². The Morgan fingerprint density at radius 2 is 2.17 bits per heavy atom. The maximum atomic E-state index is 11.7. The van der Waals surface area contributed by atoms with Gasteiger partial charge in [-0.1, -0.05) is 6.07 Å². The number of carbonyl (C=O) groups is 2. The van der Waals surface area contributed by atoms with Crippen molar-refractivity contribution < 1.29 is 9.59 Å². The lowest BCUT2D eigenvalue weighted by atomic mass is 9.89. The van der Waals surface area contributed by atoms with E-state index in [4.69, 9.17) is 4.98 Å². The largest absolute Gasteiger partial charge is 0.352 e. The smallest absolute Gasteiger partial charge is 0.290 e. The fraction of sp³-hybridized carbons (Fsp3) is 0.471. The summed E-state index contributed by atoms with van der Waals surface area (Å²) in [6.07, 6.45) is 6.46. The Balaban J connectivity index is 1.59. The van der Waals surface area contributed by atoms with Gasteiger partial charge in [-0.15, -0.1) is 0 Å². The van der Waals surface area contributed by atoms with Crippen LogP contribution >= 0.6 is 11.8 Å². The van der Waals surface area contributed by atoms with Crippen molar-refractivity contribution in [2.45, 2.75) is 37.8 Å². The van der Waals surface area contributed by atoms with Crippen molar-refractivity contribution in [1.82, 2.24) is 15.6 Å². The molecule has 3 aliphatic rings. The highest BCUT2D eigenvalue weighted by molar-refractivity contribution is 8.18. The van der Waals surface area contributed by atoms with E-state index in [9.17, 15) is 9.59 Å². The first kappa shape index (κ1) is 15.7. The van der Waals surface area contributed by atoms with Crippen molar-refractivity contribution in [3.63, 3.8) is 0 Å². The van der Waals surface area contributed by atoms with Gasteiger partial charge < -0.3 is 10.2 Å². The molecule has 3 aliphatic heterocycles. The van der Waals surface area contributed by atoms with Gasteiger partial charge in [-0.3, -0.25) is 14.9 Å². The van der Waals surface area contributed by atoms with Gasteiger partial charge in [-0.2, -0.15) is 0 Å². The van der Waals surface area contributed by atoms with Crippen LogP contribution in [0.4, 0.5) is 10.6 Å². The number of pyridine rings is 1. The van der Waals surface area contributed by atoms with Gasteiger partial charge in [0.1, 0.15) is 5.82 Å². The van der Waals surface area contributed by atoms with Crippen LogP contribution in [0.2, 0.25) is 0 Å². The van der Waals surface area contributed by atoms with E-state index in [1.807, 2.05) is 18.2 Å². The molecule has 0 aliphatic carbocycles. The minimum atomic E-state index is -0.341.